The Bertz CT molecular complexity index is 5070. The van der Waals surface area contributed by atoms with Gasteiger partial charge in [-0.3, -0.25) is 0 Å². The first-order valence-electron chi connectivity index (χ1n) is 25.6. The van der Waals surface area contributed by atoms with E-state index in [0.717, 1.165) is 60.4 Å². The molecule has 0 aliphatic heterocycles. The number of nitrogens with zero attached hydrogens (tertiary/aromatic N) is 12. The molecule has 0 aliphatic carbocycles. The van der Waals surface area contributed by atoms with Crippen LogP contribution in [-0.4, -0.2) is 24.1 Å². The van der Waals surface area contributed by atoms with Gasteiger partial charge in [0.2, 0.25) is 0 Å². The van der Waals surface area contributed by atoms with Gasteiger partial charge in [0.1, 0.15) is 0 Å². The third-order valence-corrected chi connectivity index (χ3v) is 14.7. The van der Waals surface area contributed by atoms with Crippen LogP contribution in [0.3, 0.4) is 0 Å². The Kier molecular flexibility index (Phi) is 11.9. The molecule has 0 spiro atoms. The largest absolute Gasteiger partial charge is 0.310 e. The summed E-state index contributed by atoms with van der Waals surface area (Å²) in [5.74, 6) is 1.37. The van der Waals surface area contributed by atoms with Crippen molar-refractivity contribution in [1.82, 2.24) is 24.1 Å². The molecule has 82 heavy (non-hydrogen) atoms. The Balaban J connectivity index is 1.11. The Morgan fingerprint density at radius 1 is 0.341 bits per heavy atom. The summed E-state index contributed by atoms with van der Waals surface area (Å²) in [5.41, 5.74) is 12.1. The normalized spacial score (nSPS) is 10.8. The fraction of sp³-hybridized carbons (Fsp3) is 0. The number of nitriles is 3. The van der Waals surface area contributed by atoms with E-state index in [9.17, 15) is 15.8 Å². The maximum absolute atomic E-state index is 10.4. The first kappa shape index (κ1) is 48.9. The van der Waals surface area contributed by atoms with E-state index in [4.69, 9.17) is 41.2 Å². The summed E-state index contributed by atoms with van der Waals surface area (Å²) >= 11 is 0. The molecule has 12 heteroatoms. The van der Waals surface area contributed by atoms with E-state index in [0.29, 0.717) is 67.8 Å². The van der Waals surface area contributed by atoms with Crippen molar-refractivity contribution >= 4 is 66.4 Å². The highest BCUT2D eigenvalue weighted by atomic mass is 15.0. The van der Waals surface area contributed by atoms with Crippen LogP contribution >= 0.6 is 0 Å². The van der Waals surface area contributed by atoms with Gasteiger partial charge in [0.15, 0.2) is 40.2 Å². The van der Waals surface area contributed by atoms with E-state index in [1.807, 2.05) is 182 Å². The lowest BCUT2D eigenvalue weighted by Gasteiger charge is -2.21. The zero-order chi connectivity index (χ0) is 56.0. The van der Waals surface area contributed by atoms with Crippen molar-refractivity contribution in [3.63, 3.8) is 0 Å². The quantitative estimate of drug-likeness (QED) is 0.139. The SMILES string of the molecule is [C-]#[N+]c1cc(C#N)c(-c2ccc3c(c2)c2ccccc2n3-c2ccc(-c3nc(-c4ccccc4)nc(-c4ccccc4)n3)cc2-c2c([N+]#[C-])cccc2-n2c3ccccc3c3cc(-c4c(C#N)cc(C#N)cc4[N+]#[C-])ccc32)c([N+]#[C-])c1. The van der Waals surface area contributed by atoms with Gasteiger partial charge in [-0.05, 0) is 95.6 Å². The topological polar surface area (TPSA) is 137 Å². The van der Waals surface area contributed by atoms with Crippen LogP contribution in [0.4, 0.5) is 22.7 Å². The highest BCUT2D eigenvalue weighted by Gasteiger charge is 2.26. The van der Waals surface area contributed by atoms with Crippen LogP contribution in [0.2, 0.25) is 0 Å². The molecule has 0 radical (unpaired) electrons. The van der Waals surface area contributed by atoms with Gasteiger partial charge in [0, 0.05) is 71.7 Å². The molecule has 13 rings (SSSR count). The van der Waals surface area contributed by atoms with E-state index < -0.39 is 0 Å². The van der Waals surface area contributed by atoms with Gasteiger partial charge in [0.05, 0.1) is 77.8 Å². The maximum atomic E-state index is 10.4. The zero-order valence-corrected chi connectivity index (χ0v) is 43.0. The van der Waals surface area contributed by atoms with Crippen LogP contribution in [0.1, 0.15) is 16.7 Å². The van der Waals surface area contributed by atoms with Crippen LogP contribution < -0.4 is 0 Å². The van der Waals surface area contributed by atoms with Crippen LogP contribution in [0, 0.1) is 60.3 Å². The Morgan fingerprint density at radius 2 is 0.829 bits per heavy atom. The molecule has 0 saturated carbocycles. The van der Waals surface area contributed by atoms with Gasteiger partial charge in [-0.15, -0.1) is 0 Å². The molecular weight excluding hydrogens is 1010 g/mol. The molecule has 13 aromatic rings. The average molecular weight is 1040 g/mol. The Labute approximate surface area is 469 Å². The number of benzene rings is 10. The molecule has 0 N–H and O–H groups in total. The van der Waals surface area contributed by atoms with Crippen molar-refractivity contribution in [2.24, 2.45) is 0 Å². The van der Waals surface area contributed by atoms with Gasteiger partial charge in [-0.2, -0.15) is 15.8 Å². The van der Waals surface area contributed by atoms with Crippen molar-refractivity contribution in [2.75, 3.05) is 0 Å². The summed E-state index contributed by atoms with van der Waals surface area (Å²) in [6.45, 7) is 32.8. The average Bonchev–Trinajstić information content (AvgIpc) is 3.46. The van der Waals surface area contributed by atoms with Gasteiger partial charge >= 0.3 is 0 Å². The van der Waals surface area contributed by atoms with E-state index in [-0.39, 0.29) is 33.8 Å². The number of para-hydroxylation sites is 2. The molecule has 3 aromatic heterocycles. The third-order valence-electron chi connectivity index (χ3n) is 14.7. The summed E-state index contributed by atoms with van der Waals surface area (Å²) in [7, 11) is 0. The second kappa shape index (κ2) is 20.0. The fourth-order valence-corrected chi connectivity index (χ4v) is 11.2. The van der Waals surface area contributed by atoms with Gasteiger partial charge in [-0.1, -0.05) is 127 Å². The highest BCUT2D eigenvalue weighted by Crippen LogP contribution is 2.48. The third kappa shape index (κ3) is 7.98. The first-order chi connectivity index (χ1) is 40.3. The van der Waals surface area contributed by atoms with E-state index in [1.54, 1.807) is 0 Å². The van der Waals surface area contributed by atoms with Gasteiger partial charge in [0.25, 0.3) is 0 Å². The molecule has 0 atom stereocenters. The van der Waals surface area contributed by atoms with Crippen molar-refractivity contribution in [3.05, 3.63) is 269 Å². The molecule has 0 fully saturated rings. The zero-order valence-electron chi connectivity index (χ0n) is 43.0. The van der Waals surface area contributed by atoms with Crippen LogP contribution in [-0.2, 0) is 0 Å². The van der Waals surface area contributed by atoms with E-state index in [1.165, 1.54) is 24.3 Å². The minimum atomic E-state index is 0.194. The van der Waals surface area contributed by atoms with Crippen LogP contribution in [0.5, 0.6) is 0 Å². The molecule has 0 bridgehead atoms. The summed E-state index contributed by atoms with van der Waals surface area (Å²) in [6.07, 6.45) is 0. The first-order valence-corrected chi connectivity index (χ1v) is 25.6. The standard InChI is InChI=1S/C70H34N12/c1-74-50-34-49(41-73)66(58(38-50)77-4)46-26-29-61-53(36-46)51-20-11-13-23-59(51)81(61)63-31-28-47(70-79-68(43-16-7-5-8-17-43)78-69(80-70)44-18-9-6-10-19-44)37-55(63)67-56(75-2)22-15-25-64(67)82-60-24-14-12-21-52(60)54-35-45(27-30-62(54)82)65-48(40-72)32-42(39-71)33-57(65)76-3/h5-38H. The number of fused-ring (bicyclic) bond motifs is 6. The lowest BCUT2D eigenvalue weighted by Crippen LogP contribution is -2.04. The number of rotatable bonds is 8. The van der Waals surface area contributed by atoms with Crippen molar-refractivity contribution in [2.45, 2.75) is 0 Å². The minimum Gasteiger partial charge on any atom is -0.310 e. The number of hydrogen-bond acceptors (Lipinski definition) is 6. The molecule has 374 valence electrons. The second-order valence-corrected chi connectivity index (χ2v) is 19.2. The fourth-order valence-electron chi connectivity index (χ4n) is 11.2. The smallest absolute Gasteiger partial charge is 0.197 e. The van der Waals surface area contributed by atoms with E-state index in [2.05, 4.69) is 46.7 Å². The van der Waals surface area contributed by atoms with Gasteiger partial charge < -0.3 is 9.13 Å². The molecule has 0 amide bonds. The summed E-state index contributed by atoms with van der Waals surface area (Å²) in [4.78, 5) is 30.7. The molecule has 12 nitrogen and oxygen atoms in total. The lowest BCUT2D eigenvalue weighted by atomic mass is 9.95. The molecule has 3 heterocycles. The monoisotopic (exact) mass is 1040 g/mol. The van der Waals surface area contributed by atoms with Crippen molar-refractivity contribution in [1.29, 1.82) is 15.8 Å². The molecular formula is C70H34N12. The van der Waals surface area contributed by atoms with Crippen LogP contribution in [0.15, 0.2) is 206 Å². The highest BCUT2D eigenvalue weighted by molar-refractivity contribution is 6.14. The predicted molar refractivity (Wildman–Crippen MR) is 320 cm³/mol. The predicted octanol–water partition coefficient (Wildman–Crippen LogP) is 17.9. The molecule has 0 unspecified atom stereocenters. The number of aromatic nitrogens is 5. The molecule has 0 aliphatic rings. The minimum absolute atomic E-state index is 0.194. The summed E-state index contributed by atoms with van der Waals surface area (Å²) in [6, 6.07) is 71.7. The van der Waals surface area contributed by atoms with E-state index >= 15 is 0 Å². The maximum Gasteiger partial charge on any atom is 0.197 e. The van der Waals surface area contributed by atoms with Crippen molar-refractivity contribution in [3.8, 4) is 97.1 Å². The Morgan fingerprint density at radius 3 is 1.37 bits per heavy atom. The number of hydrogen-bond donors (Lipinski definition) is 0. The molecule has 0 saturated heterocycles. The summed E-state index contributed by atoms with van der Waals surface area (Å²) < 4.78 is 4.33. The van der Waals surface area contributed by atoms with Crippen molar-refractivity contribution < 1.29 is 0 Å². The van der Waals surface area contributed by atoms with Gasteiger partial charge in [-0.25, -0.2) is 34.3 Å². The summed E-state index contributed by atoms with van der Waals surface area (Å²) in [5, 5.41) is 34.0. The van der Waals surface area contributed by atoms with Crippen LogP contribution in [0.25, 0.3) is 142 Å². The Hall–Kier alpha value is -12.8. The second-order valence-electron chi connectivity index (χ2n) is 19.2. The molecule has 10 aromatic carbocycles. The lowest BCUT2D eigenvalue weighted by molar-refractivity contribution is 1.07.